The molecule has 2 aliphatic heterocycles. The Morgan fingerprint density at radius 2 is 2.06 bits per heavy atom. The van der Waals surface area contributed by atoms with Gasteiger partial charge in [-0.25, -0.2) is 4.79 Å². The first kappa shape index (κ1) is 22.0. The summed E-state index contributed by atoms with van der Waals surface area (Å²) >= 11 is 0. The molecule has 8 nitrogen and oxygen atoms in total. The molecule has 2 saturated carbocycles. The number of aliphatic carboxylic acids is 1. The molecule has 5 aliphatic rings. The van der Waals surface area contributed by atoms with Crippen molar-refractivity contribution in [3.05, 3.63) is 12.2 Å². The second-order valence-electron chi connectivity index (χ2n) is 10.3. The number of hydrogen-bond donors (Lipinski definition) is 3. The lowest BCUT2D eigenvalue weighted by Gasteiger charge is -2.55. The Morgan fingerprint density at radius 3 is 2.71 bits per heavy atom. The van der Waals surface area contributed by atoms with E-state index in [9.17, 15) is 24.3 Å². The lowest BCUT2D eigenvalue weighted by molar-refractivity contribution is -0.169. The van der Waals surface area contributed by atoms with Crippen molar-refractivity contribution < 1.29 is 29.0 Å². The molecular weight excluding hydrogens is 400 g/mol. The number of nitrogens with one attached hydrogen (secondary N) is 2. The molecule has 2 amide bonds. The van der Waals surface area contributed by atoms with E-state index >= 15 is 0 Å². The fraction of sp³-hybridized carbons (Fsp3) is 0.739. The van der Waals surface area contributed by atoms with Crippen LogP contribution in [-0.2, 0) is 23.9 Å². The summed E-state index contributed by atoms with van der Waals surface area (Å²) in [7, 11) is 0. The molecule has 4 bridgehead atoms. The van der Waals surface area contributed by atoms with Gasteiger partial charge in [0.05, 0.1) is 11.7 Å². The van der Waals surface area contributed by atoms with Gasteiger partial charge in [0.1, 0.15) is 6.04 Å². The maximum Gasteiger partial charge on any atom is 0.326 e. The Balaban J connectivity index is 1.42. The largest absolute Gasteiger partial charge is 0.480 e. The Morgan fingerprint density at radius 1 is 1.32 bits per heavy atom. The number of carboxylic acids is 1. The van der Waals surface area contributed by atoms with Gasteiger partial charge in [-0.15, -0.1) is 0 Å². The number of amides is 2. The minimum Gasteiger partial charge on any atom is -0.480 e. The molecule has 31 heavy (non-hydrogen) atoms. The van der Waals surface area contributed by atoms with Crippen molar-refractivity contribution in [1.29, 1.82) is 0 Å². The number of hydrogen-bond acceptors (Lipinski definition) is 5. The van der Waals surface area contributed by atoms with Crippen LogP contribution in [0.15, 0.2) is 12.2 Å². The van der Waals surface area contributed by atoms with Crippen molar-refractivity contribution in [3.63, 3.8) is 0 Å². The summed E-state index contributed by atoms with van der Waals surface area (Å²) in [5.41, 5.74) is -0.850. The van der Waals surface area contributed by atoms with Gasteiger partial charge in [-0.1, -0.05) is 13.0 Å². The van der Waals surface area contributed by atoms with Gasteiger partial charge in [0, 0.05) is 31.2 Å². The van der Waals surface area contributed by atoms with E-state index in [1.165, 1.54) is 6.92 Å². The zero-order valence-electron chi connectivity index (χ0n) is 18.4. The predicted octanol–water partition coefficient (Wildman–Crippen LogP) is 1.58. The molecule has 0 aromatic carbocycles. The number of allylic oxidation sites excluding steroid dienone is 2. The van der Waals surface area contributed by atoms with Crippen molar-refractivity contribution in [2.45, 2.75) is 77.0 Å². The standard InChI is InChI=1S/C23H32N2O6/c1-13(26)24-9-6-15(20(29)30)25-18(28)5-7-21(2)17(27)4-8-23-11-14-10-16(19(21)23)31-22(14,3)12-23/h4,8,14-16,19H,5-7,9-12H2,1-3H3,(H,24,26)(H,25,28)(H,29,30)/t14?,15-,16?,19?,21+,22?,23?/m0/s1. The van der Waals surface area contributed by atoms with Gasteiger partial charge < -0.3 is 20.5 Å². The zero-order chi connectivity index (χ0) is 22.6. The van der Waals surface area contributed by atoms with Crippen LogP contribution in [0.4, 0.5) is 0 Å². The fourth-order valence-electron chi connectivity index (χ4n) is 6.93. The number of ether oxygens (including phenoxy) is 1. The average Bonchev–Trinajstić information content (AvgIpc) is 3.04. The Bertz CT molecular complexity index is 855. The second-order valence-corrected chi connectivity index (χ2v) is 10.3. The third-order valence-corrected chi connectivity index (χ3v) is 8.23. The highest BCUT2D eigenvalue weighted by molar-refractivity contribution is 5.96. The molecule has 170 valence electrons. The first-order valence-corrected chi connectivity index (χ1v) is 11.2. The summed E-state index contributed by atoms with van der Waals surface area (Å²) in [6.07, 6.45) is 7.28. The maximum atomic E-state index is 13.0. The zero-order valence-corrected chi connectivity index (χ0v) is 18.4. The van der Waals surface area contributed by atoms with E-state index in [0.29, 0.717) is 12.3 Å². The van der Waals surface area contributed by atoms with Crippen molar-refractivity contribution in [2.24, 2.45) is 22.7 Å². The summed E-state index contributed by atoms with van der Waals surface area (Å²) in [5, 5.41) is 14.5. The van der Waals surface area contributed by atoms with Gasteiger partial charge in [0.15, 0.2) is 5.78 Å². The van der Waals surface area contributed by atoms with Crippen LogP contribution in [0.2, 0.25) is 0 Å². The summed E-state index contributed by atoms with van der Waals surface area (Å²) in [6, 6.07) is -1.08. The van der Waals surface area contributed by atoms with E-state index in [0.717, 1.165) is 19.3 Å². The van der Waals surface area contributed by atoms with E-state index in [1.807, 2.05) is 6.92 Å². The monoisotopic (exact) mass is 432 g/mol. The van der Waals surface area contributed by atoms with Gasteiger partial charge in [0.25, 0.3) is 0 Å². The number of carboxylic acid groups (broad SMARTS) is 1. The van der Waals surface area contributed by atoms with E-state index in [-0.39, 0.29) is 54.1 Å². The highest BCUT2D eigenvalue weighted by Gasteiger charge is 2.71. The number of carbonyl (C=O) groups is 4. The molecule has 2 saturated heterocycles. The van der Waals surface area contributed by atoms with Crippen molar-refractivity contribution in [3.8, 4) is 0 Å². The van der Waals surface area contributed by atoms with Crippen molar-refractivity contribution in [1.82, 2.24) is 10.6 Å². The third kappa shape index (κ3) is 3.58. The van der Waals surface area contributed by atoms with E-state index in [1.54, 1.807) is 6.08 Å². The average molecular weight is 433 g/mol. The predicted molar refractivity (Wildman–Crippen MR) is 111 cm³/mol. The molecule has 0 radical (unpaired) electrons. The van der Waals surface area contributed by atoms with Gasteiger partial charge >= 0.3 is 5.97 Å². The SMILES string of the molecule is CC(=O)NCC[C@H](NC(=O)CC[C@]1(C)C(=O)C=CC23CC4CC(OC4(C)C2)C31)C(=O)O. The molecule has 1 spiro atoms. The smallest absolute Gasteiger partial charge is 0.326 e. The summed E-state index contributed by atoms with van der Waals surface area (Å²) in [6.45, 7) is 5.65. The minimum absolute atomic E-state index is 0.0268. The Labute approximate surface area is 182 Å². The van der Waals surface area contributed by atoms with Crippen LogP contribution in [-0.4, -0.2) is 53.0 Å². The van der Waals surface area contributed by atoms with E-state index in [4.69, 9.17) is 4.74 Å². The normalized spacial score (nSPS) is 40.5. The summed E-state index contributed by atoms with van der Waals surface area (Å²) in [5.74, 6) is -1.19. The maximum absolute atomic E-state index is 13.0. The lowest BCUT2D eigenvalue weighted by Crippen LogP contribution is -2.56. The molecule has 0 aromatic heterocycles. The highest BCUT2D eigenvalue weighted by atomic mass is 16.5. The number of rotatable bonds is 8. The molecule has 5 rings (SSSR count). The fourth-order valence-corrected chi connectivity index (χ4v) is 6.93. The lowest BCUT2D eigenvalue weighted by atomic mass is 9.51. The number of ketones is 1. The van der Waals surface area contributed by atoms with Gasteiger partial charge in [-0.2, -0.15) is 0 Å². The van der Waals surface area contributed by atoms with Gasteiger partial charge in [-0.05, 0) is 56.4 Å². The first-order chi connectivity index (χ1) is 14.5. The molecule has 7 atom stereocenters. The minimum atomic E-state index is -1.15. The molecule has 4 fully saturated rings. The first-order valence-electron chi connectivity index (χ1n) is 11.2. The third-order valence-electron chi connectivity index (χ3n) is 8.23. The molecule has 3 aliphatic carbocycles. The van der Waals surface area contributed by atoms with Crippen LogP contribution in [0, 0.1) is 22.7 Å². The highest BCUT2D eigenvalue weighted by Crippen LogP contribution is 2.71. The molecule has 2 heterocycles. The Kier molecular flexibility index (Phi) is 5.27. The summed E-state index contributed by atoms with van der Waals surface area (Å²) < 4.78 is 6.41. The van der Waals surface area contributed by atoms with Crippen LogP contribution >= 0.6 is 0 Å². The quantitative estimate of drug-likeness (QED) is 0.535. The molecule has 8 heteroatoms. The van der Waals surface area contributed by atoms with Gasteiger partial charge in [-0.3, -0.25) is 14.4 Å². The van der Waals surface area contributed by atoms with E-state index < -0.39 is 23.3 Å². The molecule has 0 aromatic rings. The molecular formula is C23H32N2O6. The van der Waals surface area contributed by atoms with Crippen molar-refractivity contribution >= 4 is 23.6 Å². The van der Waals surface area contributed by atoms with Crippen LogP contribution in [0.25, 0.3) is 0 Å². The molecule has 3 N–H and O–H groups in total. The topological polar surface area (TPSA) is 122 Å². The van der Waals surface area contributed by atoms with Crippen molar-refractivity contribution in [2.75, 3.05) is 6.54 Å². The van der Waals surface area contributed by atoms with Crippen LogP contribution < -0.4 is 10.6 Å². The number of carbonyl (C=O) groups excluding carboxylic acids is 3. The second kappa shape index (κ2) is 7.43. The molecule has 5 unspecified atom stereocenters. The van der Waals surface area contributed by atoms with Crippen LogP contribution in [0.5, 0.6) is 0 Å². The summed E-state index contributed by atoms with van der Waals surface area (Å²) in [4.78, 5) is 48.1. The van der Waals surface area contributed by atoms with E-state index in [2.05, 4.69) is 23.6 Å². The Hall–Kier alpha value is -2.22. The van der Waals surface area contributed by atoms with Crippen LogP contribution in [0.1, 0.15) is 59.3 Å². The van der Waals surface area contributed by atoms with Crippen LogP contribution in [0.3, 0.4) is 0 Å². The van der Waals surface area contributed by atoms with Gasteiger partial charge in [0.2, 0.25) is 11.8 Å².